The van der Waals surface area contributed by atoms with Crippen molar-refractivity contribution in [1.29, 1.82) is 0 Å². The first kappa shape index (κ1) is 20.1. The van der Waals surface area contributed by atoms with Crippen LogP contribution in [0.4, 0.5) is 10.7 Å². The Morgan fingerprint density at radius 2 is 1.87 bits per heavy atom. The minimum absolute atomic E-state index is 0.00736. The second-order valence-corrected chi connectivity index (χ2v) is 7.45. The zero-order chi connectivity index (χ0) is 21.1. The molecular formula is C21H25N5O4. The van der Waals surface area contributed by atoms with Gasteiger partial charge in [0, 0.05) is 31.9 Å². The number of imide groups is 1. The van der Waals surface area contributed by atoms with Crippen LogP contribution >= 0.6 is 0 Å². The van der Waals surface area contributed by atoms with Crippen molar-refractivity contribution in [3.05, 3.63) is 48.2 Å². The topological polar surface area (TPSA) is 99.1 Å². The summed E-state index contributed by atoms with van der Waals surface area (Å²) in [5.74, 6) is 0.790. The first-order chi connectivity index (χ1) is 14.6. The molecule has 158 valence electrons. The molecule has 2 aromatic rings. The van der Waals surface area contributed by atoms with E-state index in [1.165, 1.54) is 4.90 Å². The fraction of sp³-hybridized carbons (Fsp3) is 0.429. The number of benzene rings is 1. The van der Waals surface area contributed by atoms with E-state index in [9.17, 15) is 14.7 Å². The van der Waals surface area contributed by atoms with Crippen molar-refractivity contribution in [3.8, 4) is 5.88 Å². The van der Waals surface area contributed by atoms with E-state index in [0.717, 1.165) is 5.56 Å². The highest BCUT2D eigenvalue weighted by atomic mass is 16.5. The molecule has 1 aromatic heterocycles. The Morgan fingerprint density at radius 1 is 1.13 bits per heavy atom. The van der Waals surface area contributed by atoms with Gasteiger partial charge in [-0.25, -0.2) is 9.78 Å². The highest BCUT2D eigenvalue weighted by Crippen LogP contribution is 2.39. The van der Waals surface area contributed by atoms with Gasteiger partial charge < -0.3 is 19.6 Å². The predicted molar refractivity (Wildman–Crippen MR) is 109 cm³/mol. The quantitative estimate of drug-likeness (QED) is 0.715. The molecule has 4 rings (SSSR count). The summed E-state index contributed by atoms with van der Waals surface area (Å²) in [6, 6.07) is 11.0. The van der Waals surface area contributed by atoms with E-state index < -0.39 is 5.54 Å². The van der Waals surface area contributed by atoms with Gasteiger partial charge >= 0.3 is 6.03 Å². The summed E-state index contributed by atoms with van der Waals surface area (Å²) in [5.41, 5.74) is 0.0414. The van der Waals surface area contributed by atoms with Gasteiger partial charge in [0.15, 0.2) is 0 Å². The number of amides is 3. The molecule has 2 aliphatic rings. The number of aromatic nitrogens is 2. The van der Waals surface area contributed by atoms with Crippen LogP contribution in [0.3, 0.4) is 0 Å². The number of hydrogen-bond donors (Lipinski definition) is 1. The molecule has 0 saturated carbocycles. The lowest BCUT2D eigenvalue weighted by molar-refractivity contribution is -0.134. The van der Waals surface area contributed by atoms with E-state index in [2.05, 4.69) is 9.97 Å². The first-order valence-corrected chi connectivity index (χ1v) is 9.99. The second-order valence-electron chi connectivity index (χ2n) is 7.45. The zero-order valence-electron chi connectivity index (χ0n) is 16.9. The van der Waals surface area contributed by atoms with Crippen molar-refractivity contribution in [1.82, 2.24) is 19.8 Å². The molecule has 3 heterocycles. The summed E-state index contributed by atoms with van der Waals surface area (Å²) in [7, 11) is 1.55. The van der Waals surface area contributed by atoms with Gasteiger partial charge in [0.05, 0.1) is 20.3 Å². The standard InChI is InChI=1S/C21H25N5O4/c1-30-17-7-10-22-19(23-17)24-11-8-21(9-12-24)18(28)25(13-14-27)20(29)26(21)15-16-5-3-2-4-6-16/h2-7,10,27H,8-9,11-15H2,1H3. The van der Waals surface area contributed by atoms with Gasteiger partial charge in [-0.3, -0.25) is 9.69 Å². The Bertz CT molecular complexity index is 915. The molecule has 0 radical (unpaired) electrons. The molecule has 1 N–H and O–H groups in total. The zero-order valence-corrected chi connectivity index (χ0v) is 16.9. The number of aliphatic hydroxyl groups excluding tert-OH is 1. The molecular weight excluding hydrogens is 386 g/mol. The van der Waals surface area contributed by atoms with E-state index in [4.69, 9.17) is 4.74 Å². The molecule has 9 heteroatoms. The molecule has 1 aromatic carbocycles. The Morgan fingerprint density at radius 3 is 2.53 bits per heavy atom. The molecule has 3 amide bonds. The lowest BCUT2D eigenvalue weighted by Crippen LogP contribution is -2.56. The van der Waals surface area contributed by atoms with Crippen LogP contribution in [0.15, 0.2) is 42.6 Å². The average Bonchev–Trinajstić information content (AvgIpc) is 2.97. The van der Waals surface area contributed by atoms with E-state index in [-0.39, 0.29) is 25.1 Å². The average molecular weight is 411 g/mol. The number of piperidine rings is 1. The first-order valence-electron chi connectivity index (χ1n) is 9.99. The Labute approximate surface area is 174 Å². The number of ether oxygens (including phenoxy) is 1. The fourth-order valence-electron chi connectivity index (χ4n) is 4.22. The van der Waals surface area contributed by atoms with Gasteiger partial charge in [0.25, 0.3) is 5.91 Å². The Balaban J connectivity index is 1.59. The van der Waals surface area contributed by atoms with Crippen molar-refractivity contribution in [2.45, 2.75) is 24.9 Å². The van der Waals surface area contributed by atoms with Crippen molar-refractivity contribution in [3.63, 3.8) is 0 Å². The number of aliphatic hydroxyl groups is 1. The summed E-state index contributed by atoms with van der Waals surface area (Å²) in [6.07, 6.45) is 2.57. The predicted octanol–water partition coefficient (Wildman–Crippen LogP) is 1.28. The number of urea groups is 1. The summed E-state index contributed by atoms with van der Waals surface area (Å²) in [5, 5.41) is 9.36. The smallest absolute Gasteiger partial charge is 0.328 e. The molecule has 2 saturated heterocycles. The van der Waals surface area contributed by atoms with Gasteiger partial charge in [-0.15, -0.1) is 0 Å². The van der Waals surface area contributed by atoms with Crippen molar-refractivity contribution < 1.29 is 19.4 Å². The number of nitrogens with zero attached hydrogens (tertiary/aromatic N) is 5. The number of hydrogen-bond acceptors (Lipinski definition) is 7. The molecule has 2 aliphatic heterocycles. The maximum absolute atomic E-state index is 13.3. The van der Waals surface area contributed by atoms with Gasteiger partial charge in [-0.2, -0.15) is 4.98 Å². The monoisotopic (exact) mass is 411 g/mol. The number of rotatable bonds is 6. The molecule has 9 nitrogen and oxygen atoms in total. The Hall–Kier alpha value is -3.20. The van der Waals surface area contributed by atoms with Crippen molar-refractivity contribution >= 4 is 17.9 Å². The summed E-state index contributed by atoms with van der Waals surface area (Å²) < 4.78 is 5.18. The van der Waals surface area contributed by atoms with Gasteiger partial charge in [0.2, 0.25) is 11.8 Å². The van der Waals surface area contributed by atoms with Crippen LogP contribution in [0.2, 0.25) is 0 Å². The maximum Gasteiger partial charge on any atom is 0.328 e. The van der Waals surface area contributed by atoms with Crippen molar-refractivity contribution in [2.24, 2.45) is 0 Å². The Kier molecular flexibility index (Phi) is 5.54. The minimum atomic E-state index is -0.919. The van der Waals surface area contributed by atoms with Gasteiger partial charge in [-0.1, -0.05) is 30.3 Å². The molecule has 30 heavy (non-hydrogen) atoms. The van der Waals surface area contributed by atoms with Crippen LogP contribution < -0.4 is 9.64 Å². The molecule has 0 bridgehead atoms. The van der Waals surface area contributed by atoms with Gasteiger partial charge in [0.1, 0.15) is 5.54 Å². The van der Waals surface area contributed by atoms with E-state index in [1.807, 2.05) is 35.2 Å². The number of β-amino-alcohol motifs (C(OH)–C–C–N with tert-alkyl or cyclic N) is 1. The molecule has 0 atom stereocenters. The molecule has 0 aliphatic carbocycles. The highest BCUT2D eigenvalue weighted by molar-refractivity contribution is 6.07. The van der Waals surface area contributed by atoms with E-state index in [0.29, 0.717) is 44.3 Å². The maximum atomic E-state index is 13.3. The van der Waals surface area contributed by atoms with E-state index >= 15 is 0 Å². The van der Waals surface area contributed by atoms with Crippen LogP contribution in [0, 0.1) is 0 Å². The van der Waals surface area contributed by atoms with Crippen LogP contribution in [0.25, 0.3) is 0 Å². The summed E-state index contributed by atoms with van der Waals surface area (Å²) in [4.78, 5) is 39.9. The number of carbonyl (C=O) groups excluding carboxylic acids is 2. The van der Waals surface area contributed by atoms with Crippen LogP contribution in [0.5, 0.6) is 5.88 Å². The largest absolute Gasteiger partial charge is 0.481 e. The van der Waals surface area contributed by atoms with Crippen molar-refractivity contribution in [2.75, 3.05) is 38.3 Å². The normalized spacial score (nSPS) is 18.4. The summed E-state index contributed by atoms with van der Waals surface area (Å²) in [6.45, 7) is 1.17. The second kappa shape index (κ2) is 8.27. The molecule has 0 unspecified atom stereocenters. The van der Waals surface area contributed by atoms with Gasteiger partial charge in [-0.05, 0) is 18.4 Å². The number of anilines is 1. The third kappa shape index (κ3) is 3.45. The van der Waals surface area contributed by atoms with Crippen LogP contribution in [-0.2, 0) is 11.3 Å². The SMILES string of the molecule is COc1ccnc(N2CCC3(CC2)C(=O)N(CCO)C(=O)N3Cc2ccccc2)n1. The highest BCUT2D eigenvalue weighted by Gasteiger charge is 2.57. The van der Waals surface area contributed by atoms with Crippen LogP contribution in [0.1, 0.15) is 18.4 Å². The number of carbonyl (C=O) groups is 2. The molecule has 1 spiro atoms. The lowest BCUT2D eigenvalue weighted by Gasteiger charge is -2.42. The molecule has 2 fully saturated rings. The van der Waals surface area contributed by atoms with Crippen LogP contribution in [-0.4, -0.2) is 75.7 Å². The summed E-state index contributed by atoms with van der Waals surface area (Å²) >= 11 is 0. The van der Waals surface area contributed by atoms with E-state index in [1.54, 1.807) is 24.3 Å². The third-order valence-electron chi connectivity index (χ3n) is 5.83. The third-order valence-corrected chi connectivity index (χ3v) is 5.83. The fourth-order valence-corrected chi connectivity index (χ4v) is 4.22. The minimum Gasteiger partial charge on any atom is -0.481 e. The lowest BCUT2D eigenvalue weighted by atomic mass is 9.85. The number of methoxy groups -OCH3 is 1.